The van der Waals surface area contributed by atoms with Crippen molar-refractivity contribution in [1.29, 1.82) is 0 Å². The van der Waals surface area contributed by atoms with E-state index in [1.807, 2.05) is 18.5 Å². The molecule has 92 valence electrons. The maximum Gasteiger partial charge on any atom is 0.0623 e. The Hall–Kier alpha value is -0.0900. The fourth-order valence-electron chi connectivity index (χ4n) is 1.55. The first kappa shape index (κ1) is 14.0. The van der Waals surface area contributed by atoms with Gasteiger partial charge in [-0.2, -0.15) is 0 Å². The number of ether oxygens (including phenoxy) is 1. The van der Waals surface area contributed by atoms with E-state index in [0.29, 0.717) is 6.04 Å². The monoisotopic (exact) mass is 261 g/mol. The minimum absolute atomic E-state index is 0.0706. The second kappa shape index (κ2) is 6.01. The smallest absolute Gasteiger partial charge is 0.0623 e. The van der Waals surface area contributed by atoms with E-state index in [4.69, 9.17) is 16.3 Å². The largest absolute Gasteiger partial charge is 0.379 e. The summed E-state index contributed by atoms with van der Waals surface area (Å²) in [6.45, 7) is 4.21. The van der Waals surface area contributed by atoms with E-state index in [-0.39, 0.29) is 5.60 Å². The topological polar surface area (TPSA) is 21.3 Å². The molecule has 1 heterocycles. The van der Waals surface area contributed by atoms with Gasteiger partial charge in [0.15, 0.2) is 0 Å². The van der Waals surface area contributed by atoms with Crippen LogP contribution >= 0.6 is 22.9 Å². The summed E-state index contributed by atoms with van der Waals surface area (Å²) >= 11 is 7.84. The van der Waals surface area contributed by atoms with Gasteiger partial charge >= 0.3 is 0 Å². The van der Waals surface area contributed by atoms with Crippen LogP contribution in [0.2, 0.25) is 5.02 Å². The van der Waals surface area contributed by atoms with E-state index in [1.165, 1.54) is 4.88 Å². The Morgan fingerprint density at radius 3 is 2.69 bits per heavy atom. The zero-order chi connectivity index (χ0) is 12.2. The Morgan fingerprint density at radius 1 is 1.56 bits per heavy atom. The molecule has 2 nitrogen and oxygen atoms in total. The van der Waals surface area contributed by atoms with Crippen molar-refractivity contribution in [3.8, 4) is 0 Å². The molecule has 0 fully saturated rings. The van der Waals surface area contributed by atoms with Gasteiger partial charge in [0.05, 0.1) is 10.6 Å². The number of hydrogen-bond acceptors (Lipinski definition) is 3. The van der Waals surface area contributed by atoms with Crippen molar-refractivity contribution >= 4 is 22.9 Å². The van der Waals surface area contributed by atoms with Gasteiger partial charge in [0.2, 0.25) is 0 Å². The number of thiophene rings is 1. The molecule has 0 aliphatic carbocycles. The van der Waals surface area contributed by atoms with Crippen molar-refractivity contribution in [2.24, 2.45) is 0 Å². The second-order valence-electron chi connectivity index (χ2n) is 4.48. The van der Waals surface area contributed by atoms with E-state index < -0.39 is 0 Å². The summed E-state index contributed by atoms with van der Waals surface area (Å²) < 4.78 is 5.42. The number of hydrogen-bond donors (Lipinski definition) is 1. The fraction of sp³-hybridized carbons (Fsp3) is 0.667. The molecule has 0 radical (unpaired) electrons. The lowest BCUT2D eigenvalue weighted by Crippen LogP contribution is -2.25. The molecule has 1 atom stereocenters. The zero-order valence-electron chi connectivity index (χ0n) is 10.3. The van der Waals surface area contributed by atoms with Crippen LogP contribution in [0, 0.1) is 0 Å². The lowest BCUT2D eigenvalue weighted by Gasteiger charge is -2.25. The predicted octanol–water partition coefficient (Wildman–Crippen LogP) is 3.87. The summed E-state index contributed by atoms with van der Waals surface area (Å²) in [4.78, 5) is 1.22. The van der Waals surface area contributed by atoms with Crippen LogP contribution in [0.25, 0.3) is 0 Å². The SMILES string of the molecule is CNC(CCC(C)(C)OC)c1sccc1Cl. The maximum atomic E-state index is 6.14. The minimum atomic E-state index is -0.0706. The summed E-state index contributed by atoms with van der Waals surface area (Å²) in [5.41, 5.74) is -0.0706. The minimum Gasteiger partial charge on any atom is -0.379 e. The molecular weight excluding hydrogens is 242 g/mol. The fourth-order valence-corrected chi connectivity index (χ4v) is 2.89. The number of nitrogens with one attached hydrogen (secondary N) is 1. The third kappa shape index (κ3) is 3.74. The molecule has 1 N–H and O–H groups in total. The highest BCUT2D eigenvalue weighted by molar-refractivity contribution is 7.10. The van der Waals surface area contributed by atoms with Gasteiger partial charge in [-0.3, -0.25) is 0 Å². The molecule has 16 heavy (non-hydrogen) atoms. The van der Waals surface area contributed by atoms with Crippen LogP contribution in [0.15, 0.2) is 11.4 Å². The van der Waals surface area contributed by atoms with Gasteiger partial charge in [-0.05, 0) is 45.2 Å². The summed E-state index contributed by atoms with van der Waals surface area (Å²) in [5, 5.41) is 6.20. The first-order chi connectivity index (χ1) is 7.50. The second-order valence-corrected chi connectivity index (χ2v) is 5.83. The normalized spacial score (nSPS) is 14.1. The summed E-state index contributed by atoms with van der Waals surface area (Å²) in [7, 11) is 3.73. The lowest BCUT2D eigenvalue weighted by atomic mass is 9.98. The van der Waals surface area contributed by atoms with Crippen LogP contribution in [0.5, 0.6) is 0 Å². The molecular formula is C12H20ClNOS. The number of methoxy groups -OCH3 is 1. The van der Waals surface area contributed by atoms with Crippen LogP contribution in [0.3, 0.4) is 0 Å². The summed E-state index contributed by atoms with van der Waals surface area (Å²) in [6.07, 6.45) is 2.03. The molecule has 0 bridgehead atoms. The van der Waals surface area contributed by atoms with Crippen LogP contribution < -0.4 is 5.32 Å². The van der Waals surface area contributed by atoms with E-state index in [9.17, 15) is 0 Å². The number of halogens is 1. The zero-order valence-corrected chi connectivity index (χ0v) is 11.9. The molecule has 0 aliphatic rings. The molecule has 0 spiro atoms. The summed E-state index contributed by atoms with van der Waals surface area (Å²) in [6, 6.07) is 2.27. The van der Waals surface area contributed by atoms with Gasteiger partial charge in [0, 0.05) is 18.0 Å². The van der Waals surface area contributed by atoms with Crippen LogP contribution in [-0.2, 0) is 4.74 Å². The van der Waals surface area contributed by atoms with Crippen molar-refractivity contribution in [2.75, 3.05) is 14.2 Å². The Bertz CT molecular complexity index is 325. The van der Waals surface area contributed by atoms with Crippen molar-refractivity contribution in [2.45, 2.75) is 38.3 Å². The molecule has 0 amide bonds. The van der Waals surface area contributed by atoms with Crippen molar-refractivity contribution in [3.05, 3.63) is 21.3 Å². The van der Waals surface area contributed by atoms with Crippen molar-refractivity contribution in [3.63, 3.8) is 0 Å². The van der Waals surface area contributed by atoms with Gasteiger partial charge in [-0.1, -0.05) is 11.6 Å². The van der Waals surface area contributed by atoms with Crippen LogP contribution in [0.1, 0.15) is 37.6 Å². The molecule has 1 rings (SSSR count). The number of rotatable bonds is 6. The van der Waals surface area contributed by atoms with Crippen molar-refractivity contribution < 1.29 is 4.74 Å². The van der Waals surface area contributed by atoms with Crippen LogP contribution in [-0.4, -0.2) is 19.8 Å². The Morgan fingerprint density at radius 2 is 2.25 bits per heavy atom. The molecule has 1 aromatic heterocycles. The van der Waals surface area contributed by atoms with Crippen molar-refractivity contribution in [1.82, 2.24) is 5.32 Å². The predicted molar refractivity (Wildman–Crippen MR) is 71.5 cm³/mol. The van der Waals surface area contributed by atoms with E-state index in [1.54, 1.807) is 18.4 Å². The lowest BCUT2D eigenvalue weighted by molar-refractivity contribution is 0.0119. The average molecular weight is 262 g/mol. The average Bonchev–Trinajstić information content (AvgIpc) is 2.66. The third-order valence-corrected chi connectivity index (χ3v) is 4.37. The van der Waals surface area contributed by atoms with Gasteiger partial charge < -0.3 is 10.1 Å². The molecule has 4 heteroatoms. The quantitative estimate of drug-likeness (QED) is 0.840. The highest BCUT2D eigenvalue weighted by Gasteiger charge is 2.21. The third-order valence-electron chi connectivity index (χ3n) is 2.90. The molecule has 1 unspecified atom stereocenters. The summed E-state index contributed by atoms with van der Waals surface area (Å²) in [5.74, 6) is 0. The molecule has 0 aromatic carbocycles. The highest BCUT2D eigenvalue weighted by Crippen LogP contribution is 2.32. The maximum absolute atomic E-state index is 6.14. The molecule has 1 aromatic rings. The van der Waals surface area contributed by atoms with Gasteiger partial charge in [-0.15, -0.1) is 11.3 Å². The Labute approximate surface area is 107 Å². The van der Waals surface area contributed by atoms with Gasteiger partial charge in [0.1, 0.15) is 0 Å². The highest BCUT2D eigenvalue weighted by atomic mass is 35.5. The Balaban J connectivity index is 2.60. The van der Waals surface area contributed by atoms with Crippen LogP contribution in [0.4, 0.5) is 0 Å². The Kier molecular flexibility index (Phi) is 5.25. The van der Waals surface area contributed by atoms with Gasteiger partial charge in [-0.25, -0.2) is 0 Å². The molecule has 0 saturated heterocycles. The molecule has 0 saturated carbocycles. The standard InChI is InChI=1S/C12H20ClNOS/c1-12(2,15-4)7-5-10(14-3)11-9(13)6-8-16-11/h6,8,10,14H,5,7H2,1-4H3. The first-order valence-electron chi connectivity index (χ1n) is 5.45. The molecule has 0 aliphatic heterocycles. The van der Waals surface area contributed by atoms with E-state index in [2.05, 4.69) is 19.2 Å². The van der Waals surface area contributed by atoms with E-state index in [0.717, 1.165) is 17.9 Å². The van der Waals surface area contributed by atoms with E-state index >= 15 is 0 Å². The first-order valence-corrected chi connectivity index (χ1v) is 6.71. The van der Waals surface area contributed by atoms with Gasteiger partial charge in [0.25, 0.3) is 0 Å².